The summed E-state index contributed by atoms with van der Waals surface area (Å²) >= 11 is 0. The van der Waals surface area contributed by atoms with Gasteiger partial charge in [-0.15, -0.1) is 0 Å². The number of nitrogen functional groups attached to an aromatic ring is 1. The predicted octanol–water partition coefficient (Wildman–Crippen LogP) is 0.947. The molecule has 3 N–H and O–H groups in total. The van der Waals surface area contributed by atoms with Gasteiger partial charge >= 0.3 is 0 Å². The van der Waals surface area contributed by atoms with Gasteiger partial charge in [0.1, 0.15) is 0 Å². The van der Waals surface area contributed by atoms with E-state index in [9.17, 15) is 5.11 Å². The first kappa shape index (κ1) is 13.4. The van der Waals surface area contributed by atoms with E-state index in [1.807, 2.05) is 0 Å². The highest BCUT2D eigenvalue weighted by molar-refractivity contribution is 5.30. The van der Waals surface area contributed by atoms with Crippen molar-refractivity contribution < 1.29 is 5.11 Å². The maximum Gasteiger partial charge on any atom is 0.0862 e. The smallest absolute Gasteiger partial charge is 0.0862 e. The highest BCUT2D eigenvalue weighted by Gasteiger charge is 2.24. The van der Waals surface area contributed by atoms with Gasteiger partial charge in [0.25, 0.3) is 0 Å². The van der Waals surface area contributed by atoms with Gasteiger partial charge in [-0.2, -0.15) is 5.10 Å². The second-order valence-electron chi connectivity index (χ2n) is 5.63. The first-order valence-electron chi connectivity index (χ1n) is 6.74. The molecule has 0 radical (unpaired) electrons. The largest absolute Gasteiger partial charge is 0.396 e. The lowest BCUT2D eigenvalue weighted by molar-refractivity contribution is 0.0476. The molecule has 1 aliphatic rings. The molecule has 2 rings (SSSR count). The Morgan fingerprint density at radius 2 is 2.22 bits per heavy atom. The number of hydrogen-bond donors (Lipinski definition) is 2. The van der Waals surface area contributed by atoms with Crippen molar-refractivity contribution in [3.05, 3.63) is 12.4 Å². The summed E-state index contributed by atoms with van der Waals surface area (Å²) in [5.74, 6) is 0.730. The molecule has 1 saturated heterocycles. The Bertz CT molecular complexity index is 379. The summed E-state index contributed by atoms with van der Waals surface area (Å²) in [6.07, 6.45) is 5.49. The Morgan fingerprint density at radius 1 is 1.44 bits per heavy atom. The van der Waals surface area contributed by atoms with Crippen LogP contribution in [0.15, 0.2) is 12.4 Å². The summed E-state index contributed by atoms with van der Waals surface area (Å²) in [5.41, 5.74) is 6.24. The summed E-state index contributed by atoms with van der Waals surface area (Å²) < 4.78 is 1.71. The summed E-state index contributed by atoms with van der Waals surface area (Å²) in [7, 11) is 0. The molecule has 1 aliphatic heterocycles. The fourth-order valence-electron chi connectivity index (χ4n) is 2.66. The van der Waals surface area contributed by atoms with Crippen molar-refractivity contribution in [2.75, 3.05) is 18.8 Å². The predicted molar refractivity (Wildman–Crippen MR) is 72.1 cm³/mol. The van der Waals surface area contributed by atoms with Gasteiger partial charge in [0.15, 0.2) is 0 Å². The van der Waals surface area contributed by atoms with E-state index in [2.05, 4.69) is 23.8 Å². The minimum absolute atomic E-state index is 0.392. The van der Waals surface area contributed by atoms with E-state index >= 15 is 0 Å². The van der Waals surface area contributed by atoms with E-state index in [0.717, 1.165) is 12.5 Å². The fraction of sp³-hybridized carbons (Fsp3) is 0.769. The number of piperidine rings is 1. The van der Waals surface area contributed by atoms with Gasteiger partial charge in [-0.25, -0.2) is 0 Å². The zero-order valence-electron chi connectivity index (χ0n) is 11.3. The van der Waals surface area contributed by atoms with Crippen molar-refractivity contribution in [2.45, 2.75) is 45.4 Å². The van der Waals surface area contributed by atoms with Crippen LogP contribution in [-0.2, 0) is 6.54 Å². The Labute approximate surface area is 109 Å². The minimum atomic E-state index is -0.392. The number of β-amino-alcohol motifs (C(OH)–C–C–N with tert-alkyl or cyclic N) is 1. The maximum atomic E-state index is 10.1. The van der Waals surface area contributed by atoms with E-state index < -0.39 is 6.10 Å². The van der Waals surface area contributed by atoms with Crippen molar-refractivity contribution >= 4 is 5.69 Å². The van der Waals surface area contributed by atoms with Crippen LogP contribution in [0.3, 0.4) is 0 Å². The van der Waals surface area contributed by atoms with Crippen LogP contribution >= 0.6 is 0 Å². The quantitative estimate of drug-likeness (QED) is 0.837. The first-order valence-corrected chi connectivity index (χ1v) is 6.74. The summed E-state index contributed by atoms with van der Waals surface area (Å²) in [6, 6.07) is 0.568. The third-order valence-corrected chi connectivity index (χ3v) is 3.74. The van der Waals surface area contributed by atoms with Crippen molar-refractivity contribution in [1.29, 1.82) is 0 Å². The molecule has 0 bridgehead atoms. The Balaban J connectivity index is 1.84. The number of aliphatic hydroxyl groups excluding tert-OH is 1. The van der Waals surface area contributed by atoms with Gasteiger partial charge in [0, 0.05) is 25.3 Å². The average Bonchev–Trinajstić information content (AvgIpc) is 2.69. The van der Waals surface area contributed by atoms with Crippen LogP contribution in [0.1, 0.15) is 26.7 Å². The van der Waals surface area contributed by atoms with Crippen molar-refractivity contribution in [3.8, 4) is 0 Å². The van der Waals surface area contributed by atoms with Gasteiger partial charge in [-0.3, -0.25) is 9.58 Å². The summed E-state index contributed by atoms with van der Waals surface area (Å²) in [5, 5.41) is 14.2. The summed E-state index contributed by atoms with van der Waals surface area (Å²) in [6.45, 7) is 6.82. The number of nitrogens with two attached hydrogens (primary N) is 1. The monoisotopic (exact) mass is 252 g/mol. The molecular weight excluding hydrogens is 228 g/mol. The molecule has 1 fully saturated rings. The highest BCUT2D eigenvalue weighted by atomic mass is 16.3. The molecular formula is C13H24N4O. The molecule has 0 aliphatic carbocycles. The van der Waals surface area contributed by atoms with Crippen LogP contribution in [0.2, 0.25) is 0 Å². The molecule has 0 amide bonds. The molecule has 0 spiro atoms. The van der Waals surface area contributed by atoms with Crippen LogP contribution in [0.25, 0.3) is 0 Å². The topological polar surface area (TPSA) is 67.3 Å². The molecule has 102 valence electrons. The molecule has 2 heterocycles. The van der Waals surface area contributed by atoms with Gasteiger partial charge in [0.05, 0.1) is 24.5 Å². The van der Waals surface area contributed by atoms with Crippen molar-refractivity contribution in [3.63, 3.8) is 0 Å². The average molecular weight is 252 g/mol. The first-order chi connectivity index (χ1) is 8.54. The molecule has 18 heavy (non-hydrogen) atoms. The molecule has 5 nitrogen and oxygen atoms in total. The lowest BCUT2D eigenvalue weighted by atomic mass is 9.95. The third kappa shape index (κ3) is 3.46. The van der Waals surface area contributed by atoms with E-state index in [4.69, 9.17) is 5.73 Å². The summed E-state index contributed by atoms with van der Waals surface area (Å²) in [4.78, 5) is 2.38. The van der Waals surface area contributed by atoms with Gasteiger partial charge < -0.3 is 10.8 Å². The minimum Gasteiger partial charge on any atom is -0.396 e. The number of aliphatic hydroxyl groups is 1. The third-order valence-electron chi connectivity index (χ3n) is 3.74. The zero-order chi connectivity index (χ0) is 13.1. The Morgan fingerprint density at radius 3 is 2.89 bits per heavy atom. The second-order valence-corrected chi connectivity index (χ2v) is 5.63. The number of hydrogen-bond acceptors (Lipinski definition) is 4. The molecule has 1 aromatic rings. The highest BCUT2D eigenvalue weighted by Crippen LogP contribution is 2.21. The Hall–Kier alpha value is -1.07. The fourth-order valence-corrected chi connectivity index (χ4v) is 2.66. The lowest BCUT2D eigenvalue weighted by Gasteiger charge is -2.37. The van der Waals surface area contributed by atoms with Crippen LogP contribution in [-0.4, -0.2) is 45.0 Å². The van der Waals surface area contributed by atoms with Crippen LogP contribution in [0.5, 0.6) is 0 Å². The molecule has 3 unspecified atom stereocenters. The molecule has 5 heteroatoms. The number of rotatable bonds is 4. The van der Waals surface area contributed by atoms with Gasteiger partial charge in [-0.05, 0) is 25.7 Å². The zero-order valence-corrected chi connectivity index (χ0v) is 11.3. The SMILES string of the molecule is CC1CCC(C)N(CC(O)Cn2cc(N)cn2)C1. The molecule has 1 aromatic heterocycles. The van der Waals surface area contributed by atoms with E-state index in [-0.39, 0.29) is 0 Å². The number of anilines is 1. The maximum absolute atomic E-state index is 10.1. The lowest BCUT2D eigenvalue weighted by Crippen LogP contribution is -2.45. The molecule has 0 aromatic carbocycles. The van der Waals surface area contributed by atoms with Crippen LogP contribution < -0.4 is 5.73 Å². The number of nitrogens with zero attached hydrogens (tertiary/aromatic N) is 3. The van der Waals surface area contributed by atoms with Crippen LogP contribution in [0, 0.1) is 5.92 Å². The number of aromatic nitrogens is 2. The number of likely N-dealkylation sites (tertiary alicyclic amines) is 1. The molecule has 0 saturated carbocycles. The van der Waals surface area contributed by atoms with Crippen molar-refractivity contribution in [2.24, 2.45) is 5.92 Å². The Kier molecular flexibility index (Phi) is 4.24. The second kappa shape index (κ2) is 5.71. The normalized spacial score (nSPS) is 27.3. The molecule has 3 atom stereocenters. The van der Waals surface area contributed by atoms with E-state index in [1.54, 1.807) is 17.1 Å². The standard InChI is InChI=1S/C13H24N4O/c1-10-3-4-11(2)16(6-10)8-13(18)9-17-7-12(14)5-15-17/h5,7,10-11,13,18H,3-4,6,8-9,14H2,1-2H3. The van der Waals surface area contributed by atoms with Gasteiger partial charge in [-0.1, -0.05) is 6.92 Å². The van der Waals surface area contributed by atoms with Crippen molar-refractivity contribution in [1.82, 2.24) is 14.7 Å². The van der Waals surface area contributed by atoms with E-state index in [0.29, 0.717) is 24.8 Å². The van der Waals surface area contributed by atoms with E-state index in [1.165, 1.54) is 12.8 Å². The van der Waals surface area contributed by atoms with Crippen LogP contribution in [0.4, 0.5) is 5.69 Å². The van der Waals surface area contributed by atoms with Gasteiger partial charge in [0.2, 0.25) is 0 Å².